The Labute approximate surface area is 150 Å². The molecule has 5 nitrogen and oxygen atoms in total. The lowest BCUT2D eigenvalue weighted by Gasteiger charge is -2.35. The first-order chi connectivity index (χ1) is 10.2. The SMILES string of the molecule is C=CC[C@@H](c1c(O)cc(OC)cc1OC)N1CCNCC1.Cl.Cl. The number of rotatable bonds is 6. The van der Waals surface area contributed by atoms with Gasteiger partial charge in [-0.25, -0.2) is 0 Å². The van der Waals surface area contributed by atoms with E-state index in [4.69, 9.17) is 9.47 Å². The van der Waals surface area contributed by atoms with Gasteiger partial charge in [0.1, 0.15) is 17.2 Å². The van der Waals surface area contributed by atoms with Gasteiger partial charge in [-0.15, -0.1) is 31.4 Å². The molecular formula is C16H26Cl2N2O3. The molecule has 1 fully saturated rings. The quantitative estimate of drug-likeness (QED) is 0.760. The van der Waals surface area contributed by atoms with Crippen LogP contribution in [0.2, 0.25) is 0 Å². The Kier molecular flexibility index (Phi) is 10.1. The molecule has 0 spiro atoms. The molecule has 7 heteroatoms. The first-order valence-corrected chi connectivity index (χ1v) is 7.21. The molecule has 0 aliphatic carbocycles. The number of ether oxygens (including phenoxy) is 2. The van der Waals surface area contributed by atoms with Crippen molar-refractivity contribution in [2.24, 2.45) is 0 Å². The largest absolute Gasteiger partial charge is 0.507 e. The van der Waals surface area contributed by atoms with Crippen molar-refractivity contribution in [3.8, 4) is 17.2 Å². The molecule has 0 radical (unpaired) electrons. The number of hydrogen-bond acceptors (Lipinski definition) is 5. The first kappa shape index (κ1) is 21.9. The molecule has 1 aromatic carbocycles. The number of phenols is 1. The highest BCUT2D eigenvalue weighted by molar-refractivity contribution is 5.85. The topological polar surface area (TPSA) is 54.0 Å². The molecule has 0 aromatic heterocycles. The number of hydrogen-bond donors (Lipinski definition) is 2. The van der Waals surface area contributed by atoms with Crippen LogP contribution < -0.4 is 14.8 Å². The van der Waals surface area contributed by atoms with Gasteiger partial charge < -0.3 is 19.9 Å². The minimum absolute atomic E-state index is 0. The van der Waals surface area contributed by atoms with Crippen molar-refractivity contribution in [1.82, 2.24) is 10.2 Å². The normalized spacial score (nSPS) is 15.7. The molecule has 23 heavy (non-hydrogen) atoms. The number of nitrogens with zero attached hydrogens (tertiary/aromatic N) is 1. The van der Waals surface area contributed by atoms with Crippen LogP contribution in [-0.4, -0.2) is 50.4 Å². The summed E-state index contributed by atoms with van der Waals surface area (Å²) in [6.45, 7) is 7.63. The van der Waals surface area contributed by atoms with Gasteiger partial charge in [-0.3, -0.25) is 4.90 Å². The summed E-state index contributed by atoms with van der Waals surface area (Å²) < 4.78 is 10.7. The fourth-order valence-electron chi connectivity index (χ4n) is 2.81. The Morgan fingerprint density at radius 1 is 1.26 bits per heavy atom. The zero-order valence-electron chi connectivity index (χ0n) is 13.6. The van der Waals surface area contributed by atoms with Crippen LogP contribution in [0, 0.1) is 0 Å². The van der Waals surface area contributed by atoms with Crippen LogP contribution in [0.25, 0.3) is 0 Å². The predicted octanol–water partition coefficient (Wildman–Crippen LogP) is 2.78. The summed E-state index contributed by atoms with van der Waals surface area (Å²) in [4.78, 5) is 2.35. The molecule has 0 amide bonds. The fourth-order valence-corrected chi connectivity index (χ4v) is 2.81. The Morgan fingerprint density at radius 3 is 2.43 bits per heavy atom. The summed E-state index contributed by atoms with van der Waals surface area (Å²) in [6, 6.07) is 3.51. The van der Waals surface area contributed by atoms with Gasteiger partial charge >= 0.3 is 0 Å². The number of methoxy groups -OCH3 is 2. The highest BCUT2D eigenvalue weighted by Gasteiger charge is 2.27. The van der Waals surface area contributed by atoms with E-state index in [0.717, 1.165) is 38.2 Å². The van der Waals surface area contributed by atoms with E-state index < -0.39 is 0 Å². The van der Waals surface area contributed by atoms with E-state index in [9.17, 15) is 5.11 Å². The number of nitrogens with one attached hydrogen (secondary N) is 1. The van der Waals surface area contributed by atoms with E-state index in [0.29, 0.717) is 11.5 Å². The van der Waals surface area contributed by atoms with Crippen molar-refractivity contribution >= 4 is 24.8 Å². The second-order valence-corrected chi connectivity index (χ2v) is 5.09. The minimum Gasteiger partial charge on any atom is -0.507 e. The van der Waals surface area contributed by atoms with Gasteiger partial charge in [0.2, 0.25) is 0 Å². The lowest BCUT2D eigenvalue weighted by Crippen LogP contribution is -2.45. The maximum absolute atomic E-state index is 10.4. The highest BCUT2D eigenvalue weighted by atomic mass is 35.5. The Morgan fingerprint density at radius 2 is 1.91 bits per heavy atom. The van der Waals surface area contributed by atoms with Crippen molar-refractivity contribution in [2.75, 3.05) is 40.4 Å². The molecule has 1 aromatic rings. The zero-order chi connectivity index (χ0) is 15.2. The zero-order valence-corrected chi connectivity index (χ0v) is 15.2. The number of halogens is 2. The van der Waals surface area contributed by atoms with Gasteiger partial charge in [0.25, 0.3) is 0 Å². The summed E-state index contributed by atoms with van der Waals surface area (Å²) in [5, 5.41) is 13.8. The Balaban J connectivity index is 0.00000242. The molecular weight excluding hydrogens is 339 g/mol. The van der Waals surface area contributed by atoms with Crippen molar-refractivity contribution in [3.05, 3.63) is 30.4 Å². The van der Waals surface area contributed by atoms with Crippen LogP contribution in [0.3, 0.4) is 0 Å². The minimum atomic E-state index is 0. The van der Waals surface area contributed by atoms with E-state index in [2.05, 4.69) is 16.8 Å². The van der Waals surface area contributed by atoms with Gasteiger partial charge in [0.15, 0.2) is 0 Å². The molecule has 1 aliphatic rings. The Bertz CT molecular complexity index is 494. The van der Waals surface area contributed by atoms with Crippen molar-refractivity contribution in [2.45, 2.75) is 12.5 Å². The van der Waals surface area contributed by atoms with Gasteiger partial charge in [-0.05, 0) is 6.42 Å². The number of piperazine rings is 1. The third kappa shape index (κ3) is 5.18. The first-order valence-electron chi connectivity index (χ1n) is 7.21. The van der Waals surface area contributed by atoms with Crippen LogP contribution >= 0.6 is 24.8 Å². The molecule has 0 bridgehead atoms. The standard InChI is InChI=1S/C16H24N2O3.2ClH/c1-4-5-13(18-8-6-17-7-9-18)16-14(19)10-12(20-2)11-15(16)21-3;;/h4,10-11,13,17,19H,1,5-9H2,2-3H3;2*1H/t13-;;/m0../s1. The predicted molar refractivity (Wildman–Crippen MR) is 97.7 cm³/mol. The number of phenolic OH excluding ortho intramolecular Hbond substituents is 1. The highest BCUT2D eigenvalue weighted by Crippen LogP contribution is 2.41. The monoisotopic (exact) mass is 364 g/mol. The summed E-state index contributed by atoms with van der Waals surface area (Å²) >= 11 is 0. The van der Waals surface area contributed by atoms with Gasteiger partial charge in [0.05, 0.1) is 19.8 Å². The molecule has 1 aliphatic heterocycles. The lowest BCUT2D eigenvalue weighted by molar-refractivity contribution is 0.168. The lowest BCUT2D eigenvalue weighted by atomic mass is 9.98. The van der Waals surface area contributed by atoms with Gasteiger partial charge in [0, 0.05) is 44.4 Å². The molecule has 1 heterocycles. The van der Waals surface area contributed by atoms with E-state index in [-0.39, 0.29) is 36.6 Å². The maximum Gasteiger partial charge on any atom is 0.131 e. The molecule has 0 unspecified atom stereocenters. The van der Waals surface area contributed by atoms with Crippen molar-refractivity contribution in [1.29, 1.82) is 0 Å². The van der Waals surface area contributed by atoms with E-state index in [1.165, 1.54) is 0 Å². The second-order valence-electron chi connectivity index (χ2n) is 5.09. The average molecular weight is 365 g/mol. The smallest absolute Gasteiger partial charge is 0.131 e. The van der Waals surface area contributed by atoms with E-state index in [1.54, 1.807) is 20.3 Å². The number of benzene rings is 1. The summed E-state index contributed by atoms with van der Waals surface area (Å²) in [5.41, 5.74) is 0.806. The maximum atomic E-state index is 10.4. The van der Waals surface area contributed by atoms with Crippen molar-refractivity contribution < 1.29 is 14.6 Å². The summed E-state index contributed by atoms with van der Waals surface area (Å²) in [5.74, 6) is 1.44. The van der Waals surface area contributed by atoms with Gasteiger partial charge in [-0.2, -0.15) is 0 Å². The van der Waals surface area contributed by atoms with Crippen LogP contribution in [0.1, 0.15) is 18.0 Å². The molecule has 0 saturated carbocycles. The second kappa shape index (κ2) is 10.6. The summed E-state index contributed by atoms with van der Waals surface area (Å²) in [6.07, 6.45) is 2.64. The molecule has 2 rings (SSSR count). The fraction of sp³-hybridized carbons (Fsp3) is 0.500. The molecule has 1 saturated heterocycles. The van der Waals surface area contributed by atoms with E-state index in [1.807, 2.05) is 12.1 Å². The third-order valence-electron chi connectivity index (χ3n) is 3.86. The van der Waals surface area contributed by atoms with Crippen molar-refractivity contribution in [3.63, 3.8) is 0 Å². The van der Waals surface area contributed by atoms with Gasteiger partial charge in [-0.1, -0.05) is 6.08 Å². The molecule has 2 N–H and O–H groups in total. The Hall–Kier alpha value is -1.14. The number of aromatic hydroxyl groups is 1. The van der Waals surface area contributed by atoms with Crippen LogP contribution in [-0.2, 0) is 0 Å². The summed E-state index contributed by atoms with van der Waals surface area (Å²) in [7, 11) is 3.19. The average Bonchev–Trinajstić information content (AvgIpc) is 2.53. The van der Waals surface area contributed by atoms with Crippen LogP contribution in [0.4, 0.5) is 0 Å². The van der Waals surface area contributed by atoms with E-state index >= 15 is 0 Å². The molecule has 132 valence electrons. The van der Waals surface area contributed by atoms with Crippen LogP contribution in [0.5, 0.6) is 17.2 Å². The molecule has 1 atom stereocenters. The third-order valence-corrected chi connectivity index (χ3v) is 3.86. The van der Waals surface area contributed by atoms with Crippen LogP contribution in [0.15, 0.2) is 24.8 Å².